The van der Waals surface area contributed by atoms with Gasteiger partial charge in [-0.2, -0.15) is 0 Å². The van der Waals surface area contributed by atoms with Crippen LogP contribution in [0.3, 0.4) is 0 Å². The van der Waals surface area contributed by atoms with Crippen LogP contribution in [0.15, 0.2) is 16.6 Å². The number of carboxylic acids is 1. The molecular formula is C13H16BrNO5. The number of carboxylic acid groups (broad SMARTS) is 1. The molecule has 0 aliphatic carbocycles. The first-order valence-corrected chi connectivity index (χ1v) is 6.81. The van der Waals surface area contributed by atoms with Crippen molar-refractivity contribution in [2.24, 2.45) is 0 Å². The maximum atomic E-state index is 11.8. The molecule has 0 aromatic heterocycles. The van der Waals surface area contributed by atoms with Gasteiger partial charge in [-0.1, -0.05) is 0 Å². The summed E-state index contributed by atoms with van der Waals surface area (Å²) in [4.78, 5) is 24.4. The van der Waals surface area contributed by atoms with Gasteiger partial charge in [0, 0.05) is 6.54 Å². The van der Waals surface area contributed by atoms with E-state index in [9.17, 15) is 14.7 Å². The summed E-state index contributed by atoms with van der Waals surface area (Å²) in [6, 6.07) is 2.99. The van der Waals surface area contributed by atoms with Gasteiger partial charge in [-0.15, -0.1) is 0 Å². The zero-order chi connectivity index (χ0) is 15.3. The van der Waals surface area contributed by atoms with E-state index in [0.29, 0.717) is 16.8 Å². The highest BCUT2D eigenvalue weighted by atomic mass is 79.9. The maximum absolute atomic E-state index is 11.8. The standard InChI is InChI=1S/C13H16BrNO5/c1-4-15(13(18)19-3)10-8(12(16)17)6-7-9(14)11(10)20-5-2/h6-7H,4-5H2,1-3H3,(H,16,17). The minimum atomic E-state index is -1.14. The third kappa shape index (κ3) is 3.22. The smallest absolute Gasteiger partial charge is 0.414 e. The Morgan fingerprint density at radius 1 is 1.35 bits per heavy atom. The molecule has 6 nitrogen and oxygen atoms in total. The number of hydrogen-bond donors (Lipinski definition) is 1. The van der Waals surface area contributed by atoms with E-state index in [0.717, 1.165) is 0 Å². The topological polar surface area (TPSA) is 76.1 Å². The number of anilines is 1. The molecule has 1 rings (SSSR count). The summed E-state index contributed by atoms with van der Waals surface area (Å²) >= 11 is 3.30. The fourth-order valence-corrected chi connectivity index (χ4v) is 2.19. The number of ether oxygens (including phenoxy) is 2. The van der Waals surface area contributed by atoms with Crippen molar-refractivity contribution < 1.29 is 24.2 Å². The van der Waals surface area contributed by atoms with Gasteiger partial charge in [0.25, 0.3) is 0 Å². The summed E-state index contributed by atoms with van der Waals surface area (Å²) in [6.45, 7) is 4.09. The van der Waals surface area contributed by atoms with Gasteiger partial charge in [-0.05, 0) is 41.9 Å². The van der Waals surface area contributed by atoms with Crippen LogP contribution >= 0.6 is 15.9 Å². The zero-order valence-electron chi connectivity index (χ0n) is 11.5. The van der Waals surface area contributed by atoms with Crippen molar-refractivity contribution in [3.8, 4) is 5.75 Å². The Morgan fingerprint density at radius 2 is 2.00 bits per heavy atom. The van der Waals surface area contributed by atoms with Gasteiger partial charge in [0.05, 0.1) is 23.8 Å². The Bertz CT molecular complexity index is 518. The second-order valence-electron chi connectivity index (χ2n) is 3.73. The lowest BCUT2D eigenvalue weighted by atomic mass is 10.1. The lowest BCUT2D eigenvalue weighted by Crippen LogP contribution is -2.32. The van der Waals surface area contributed by atoms with Crippen LogP contribution in [-0.2, 0) is 4.74 Å². The van der Waals surface area contributed by atoms with Crippen molar-refractivity contribution in [3.05, 3.63) is 22.2 Å². The lowest BCUT2D eigenvalue weighted by Gasteiger charge is -2.24. The third-order valence-electron chi connectivity index (χ3n) is 2.58. The van der Waals surface area contributed by atoms with Gasteiger partial charge in [-0.25, -0.2) is 9.59 Å². The third-order valence-corrected chi connectivity index (χ3v) is 3.21. The molecule has 0 atom stereocenters. The van der Waals surface area contributed by atoms with Crippen LogP contribution in [0.4, 0.5) is 10.5 Å². The molecule has 0 heterocycles. The molecular weight excluding hydrogens is 330 g/mol. The van der Waals surface area contributed by atoms with Crippen molar-refractivity contribution in [1.82, 2.24) is 0 Å². The van der Waals surface area contributed by atoms with Crippen LogP contribution in [0.25, 0.3) is 0 Å². The van der Waals surface area contributed by atoms with E-state index in [1.165, 1.54) is 18.1 Å². The first-order valence-electron chi connectivity index (χ1n) is 6.01. The van der Waals surface area contributed by atoms with Crippen LogP contribution in [0.5, 0.6) is 5.75 Å². The number of halogens is 1. The molecule has 1 aromatic rings. The van der Waals surface area contributed by atoms with E-state index in [4.69, 9.17) is 4.74 Å². The van der Waals surface area contributed by atoms with Gasteiger partial charge in [0.15, 0.2) is 5.75 Å². The predicted octanol–water partition coefficient (Wildman–Crippen LogP) is 3.14. The SMILES string of the molecule is CCOc1c(Br)ccc(C(=O)O)c1N(CC)C(=O)OC. The molecule has 1 amide bonds. The summed E-state index contributed by atoms with van der Waals surface area (Å²) in [6.07, 6.45) is -0.644. The molecule has 0 fully saturated rings. The number of aromatic carboxylic acids is 1. The Labute approximate surface area is 125 Å². The molecule has 0 unspecified atom stereocenters. The van der Waals surface area contributed by atoms with E-state index < -0.39 is 12.1 Å². The predicted molar refractivity (Wildman–Crippen MR) is 77.7 cm³/mol. The summed E-state index contributed by atoms with van der Waals surface area (Å²) in [7, 11) is 1.24. The Balaban J connectivity index is 3.55. The van der Waals surface area contributed by atoms with Crippen LogP contribution < -0.4 is 9.64 Å². The quantitative estimate of drug-likeness (QED) is 0.886. The molecule has 0 aliphatic rings. The Kier molecular flexibility index (Phi) is 5.82. The van der Waals surface area contributed by atoms with Crippen LogP contribution in [0, 0.1) is 0 Å². The van der Waals surface area contributed by atoms with E-state index in [2.05, 4.69) is 20.7 Å². The molecule has 0 radical (unpaired) electrons. The molecule has 7 heteroatoms. The van der Waals surface area contributed by atoms with Gasteiger partial charge in [0.2, 0.25) is 0 Å². The highest BCUT2D eigenvalue weighted by Crippen LogP contribution is 2.39. The van der Waals surface area contributed by atoms with Gasteiger partial charge >= 0.3 is 12.1 Å². The van der Waals surface area contributed by atoms with E-state index in [1.807, 2.05) is 0 Å². The molecule has 110 valence electrons. The maximum Gasteiger partial charge on any atom is 0.414 e. The fourth-order valence-electron chi connectivity index (χ4n) is 1.76. The second kappa shape index (κ2) is 7.14. The molecule has 0 saturated carbocycles. The highest BCUT2D eigenvalue weighted by molar-refractivity contribution is 9.10. The lowest BCUT2D eigenvalue weighted by molar-refractivity contribution is 0.0697. The normalized spacial score (nSPS) is 10.0. The molecule has 0 aliphatic heterocycles. The van der Waals surface area contributed by atoms with Crippen LogP contribution in [-0.4, -0.2) is 37.4 Å². The molecule has 20 heavy (non-hydrogen) atoms. The van der Waals surface area contributed by atoms with Gasteiger partial charge < -0.3 is 14.6 Å². The largest absolute Gasteiger partial charge is 0.490 e. The zero-order valence-corrected chi connectivity index (χ0v) is 13.1. The number of hydrogen-bond acceptors (Lipinski definition) is 4. The van der Waals surface area contributed by atoms with Crippen molar-refractivity contribution in [2.45, 2.75) is 13.8 Å². The number of carbonyl (C=O) groups excluding carboxylic acids is 1. The van der Waals surface area contributed by atoms with E-state index in [1.54, 1.807) is 19.9 Å². The minimum absolute atomic E-state index is 0.0242. The molecule has 1 N–H and O–H groups in total. The summed E-state index contributed by atoms with van der Waals surface area (Å²) in [5, 5.41) is 9.30. The number of benzene rings is 1. The van der Waals surface area contributed by atoms with Crippen LogP contribution in [0.1, 0.15) is 24.2 Å². The van der Waals surface area contributed by atoms with Crippen LogP contribution in [0.2, 0.25) is 0 Å². The van der Waals surface area contributed by atoms with E-state index >= 15 is 0 Å². The van der Waals surface area contributed by atoms with Crippen molar-refractivity contribution in [3.63, 3.8) is 0 Å². The van der Waals surface area contributed by atoms with E-state index in [-0.39, 0.29) is 17.8 Å². The van der Waals surface area contributed by atoms with Crippen molar-refractivity contribution in [1.29, 1.82) is 0 Å². The summed E-state index contributed by atoms with van der Waals surface area (Å²) < 4.78 is 10.7. The number of carbonyl (C=O) groups is 2. The molecule has 0 saturated heterocycles. The molecule has 0 spiro atoms. The monoisotopic (exact) mass is 345 g/mol. The van der Waals surface area contributed by atoms with Gasteiger partial charge in [-0.3, -0.25) is 4.90 Å². The number of nitrogens with zero attached hydrogens (tertiary/aromatic N) is 1. The molecule has 1 aromatic carbocycles. The Morgan fingerprint density at radius 3 is 2.45 bits per heavy atom. The fraction of sp³-hybridized carbons (Fsp3) is 0.385. The van der Waals surface area contributed by atoms with Crippen molar-refractivity contribution >= 4 is 33.7 Å². The average molecular weight is 346 g/mol. The van der Waals surface area contributed by atoms with Crippen molar-refractivity contribution in [2.75, 3.05) is 25.2 Å². The average Bonchev–Trinajstić information content (AvgIpc) is 2.42. The molecule has 0 bridgehead atoms. The summed E-state index contributed by atoms with van der Waals surface area (Å²) in [5.74, 6) is -0.838. The highest BCUT2D eigenvalue weighted by Gasteiger charge is 2.26. The Hall–Kier alpha value is -1.76. The van der Waals surface area contributed by atoms with Gasteiger partial charge in [0.1, 0.15) is 5.69 Å². The summed E-state index contributed by atoms with van der Waals surface area (Å²) in [5.41, 5.74) is 0.159. The first-order chi connectivity index (χ1) is 9.47. The number of methoxy groups -OCH3 is 1. The second-order valence-corrected chi connectivity index (χ2v) is 4.58. The minimum Gasteiger partial charge on any atom is -0.490 e. The first kappa shape index (κ1) is 16.3. The number of rotatable bonds is 5. The number of amides is 1.